The van der Waals surface area contributed by atoms with E-state index in [1.54, 1.807) is 44.2 Å². The lowest BCUT2D eigenvalue weighted by Gasteiger charge is -2.39. The zero-order valence-corrected chi connectivity index (χ0v) is 22.7. The Hall–Kier alpha value is -2.55. The molecule has 0 radical (unpaired) electrons. The third-order valence-electron chi connectivity index (χ3n) is 7.26. The van der Waals surface area contributed by atoms with E-state index >= 15 is 4.39 Å². The van der Waals surface area contributed by atoms with Crippen molar-refractivity contribution in [3.05, 3.63) is 59.2 Å². The Morgan fingerprint density at radius 2 is 1.97 bits per heavy atom. The van der Waals surface area contributed by atoms with Gasteiger partial charge >= 0.3 is 5.97 Å². The molecule has 0 bridgehead atoms. The molecule has 0 aliphatic carbocycles. The van der Waals surface area contributed by atoms with E-state index in [2.05, 4.69) is 9.88 Å². The average molecular weight is 547 g/mol. The summed E-state index contributed by atoms with van der Waals surface area (Å²) in [6.45, 7) is 2.20. The number of pyridine rings is 1. The summed E-state index contributed by atoms with van der Waals surface area (Å²) in [5, 5.41) is 10.9. The summed E-state index contributed by atoms with van der Waals surface area (Å²) in [6.07, 6.45) is 1.35. The van der Waals surface area contributed by atoms with Crippen molar-refractivity contribution in [1.82, 2.24) is 9.88 Å². The van der Waals surface area contributed by atoms with Gasteiger partial charge < -0.3 is 19.5 Å². The Bertz CT molecular complexity index is 1240. The summed E-state index contributed by atoms with van der Waals surface area (Å²) in [5.41, 5.74) is 0.0240. The normalized spacial score (nSPS) is 16.4. The van der Waals surface area contributed by atoms with Crippen LogP contribution < -0.4 is 9.47 Å². The molecule has 2 heterocycles. The fourth-order valence-corrected chi connectivity index (χ4v) is 6.27. The molecule has 9 heteroatoms. The highest BCUT2D eigenvalue weighted by Gasteiger charge is 2.41. The fraction of sp³-hybridized carbons (Fsp3) is 0.429. The first-order valence-corrected chi connectivity index (χ1v) is 13.7. The lowest BCUT2D eigenvalue weighted by atomic mass is 9.74. The first kappa shape index (κ1) is 27.5. The van der Waals surface area contributed by atoms with Crippen LogP contribution in [0.25, 0.3) is 10.9 Å². The maximum atomic E-state index is 15.6. The van der Waals surface area contributed by atoms with Crippen LogP contribution in [0.3, 0.4) is 0 Å². The van der Waals surface area contributed by atoms with Crippen LogP contribution in [0.2, 0.25) is 5.02 Å². The molecule has 0 unspecified atom stereocenters. The molecule has 198 valence electrons. The molecule has 6 nitrogen and oxygen atoms in total. The van der Waals surface area contributed by atoms with E-state index in [1.807, 2.05) is 24.3 Å². The van der Waals surface area contributed by atoms with Crippen molar-refractivity contribution >= 4 is 40.2 Å². The van der Waals surface area contributed by atoms with Crippen molar-refractivity contribution in [3.8, 4) is 11.5 Å². The third kappa shape index (κ3) is 6.30. The second-order valence-electron chi connectivity index (χ2n) is 9.34. The van der Waals surface area contributed by atoms with Gasteiger partial charge in [0.2, 0.25) is 0 Å². The monoisotopic (exact) mass is 546 g/mol. The number of halogens is 2. The summed E-state index contributed by atoms with van der Waals surface area (Å²) < 4.78 is 26.4. The number of alkyl halides is 1. The molecule has 0 saturated carbocycles. The van der Waals surface area contributed by atoms with Gasteiger partial charge in [-0.25, -0.2) is 4.39 Å². The number of likely N-dealkylation sites (tertiary alicyclic amines) is 1. The molecule has 1 aliphatic rings. The van der Waals surface area contributed by atoms with E-state index in [0.29, 0.717) is 48.1 Å². The van der Waals surface area contributed by atoms with Crippen LogP contribution in [0, 0.1) is 5.41 Å². The van der Waals surface area contributed by atoms with Crippen molar-refractivity contribution in [1.29, 1.82) is 0 Å². The number of ether oxygens (including phenoxy) is 2. The van der Waals surface area contributed by atoms with Gasteiger partial charge in [-0.15, -0.1) is 11.8 Å². The summed E-state index contributed by atoms with van der Waals surface area (Å²) in [4.78, 5) is 20.0. The zero-order chi connectivity index (χ0) is 26.4. The van der Waals surface area contributed by atoms with Crippen LogP contribution in [0.1, 0.15) is 37.4 Å². The van der Waals surface area contributed by atoms with E-state index in [4.69, 9.17) is 21.1 Å². The van der Waals surface area contributed by atoms with Crippen LogP contribution in [-0.2, 0) is 4.79 Å². The fourth-order valence-electron chi connectivity index (χ4n) is 4.96. The molecule has 0 amide bonds. The predicted octanol–water partition coefficient (Wildman–Crippen LogP) is 6.66. The molecule has 3 aromatic rings. The standard InChI is InChI=1S/C28H32ClFN2O4S/c1-35-19-7-8-23-20(17-19)26(21(29)18-31-23)22(30)9-10-28(27(33)34)11-13-32(14-12-28)15-16-37-25-6-4-3-5-24(25)36-2/h3-8,17-18,22H,9-16H2,1-2H3,(H,33,34)/t22-/m1/s1. The second-order valence-corrected chi connectivity index (χ2v) is 10.9. The smallest absolute Gasteiger partial charge is 0.309 e. The third-order valence-corrected chi connectivity index (χ3v) is 8.59. The number of para-hydroxylation sites is 1. The molecule has 1 N–H and O–H groups in total. The van der Waals surface area contributed by atoms with E-state index < -0.39 is 17.6 Å². The number of thioether (sulfide) groups is 1. The molecule has 1 atom stereocenters. The van der Waals surface area contributed by atoms with Gasteiger partial charge in [0, 0.05) is 34.3 Å². The van der Waals surface area contributed by atoms with Crippen LogP contribution in [0.4, 0.5) is 4.39 Å². The van der Waals surface area contributed by atoms with Crippen molar-refractivity contribution in [2.24, 2.45) is 5.41 Å². The summed E-state index contributed by atoms with van der Waals surface area (Å²) in [5.74, 6) is 1.47. The van der Waals surface area contributed by atoms with Gasteiger partial charge in [0.1, 0.15) is 17.7 Å². The number of carboxylic acid groups (broad SMARTS) is 1. The maximum Gasteiger partial charge on any atom is 0.309 e. The molecule has 4 rings (SSSR count). The van der Waals surface area contributed by atoms with Crippen LogP contribution in [0.5, 0.6) is 11.5 Å². The van der Waals surface area contributed by atoms with E-state index in [1.165, 1.54) is 6.20 Å². The number of carbonyl (C=O) groups is 1. The number of benzene rings is 2. The van der Waals surface area contributed by atoms with E-state index in [-0.39, 0.29) is 17.9 Å². The van der Waals surface area contributed by atoms with E-state index in [9.17, 15) is 9.90 Å². The largest absolute Gasteiger partial charge is 0.497 e. The van der Waals surface area contributed by atoms with Crippen molar-refractivity contribution < 1.29 is 23.8 Å². The Morgan fingerprint density at radius 3 is 2.68 bits per heavy atom. The minimum absolute atomic E-state index is 0.0754. The Balaban J connectivity index is 1.37. The number of methoxy groups -OCH3 is 2. The number of fused-ring (bicyclic) bond motifs is 1. The van der Waals surface area contributed by atoms with Gasteiger partial charge in [0.05, 0.1) is 30.2 Å². The molecule has 0 spiro atoms. The minimum atomic E-state index is -1.41. The Kier molecular flexibility index (Phi) is 9.16. The molecule has 37 heavy (non-hydrogen) atoms. The number of aliphatic carboxylic acids is 1. The molecular weight excluding hydrogens is 515 g/mol. The van der Waals surface area contributed by atoms with Gasteiger partial charge in [0.15, 0.2) is 0 Å². The van der Waals surface area contributed by atoms with Gasteiger partial charge in [-0.3, -0.25) is 9.78 Å². The lowest BCUT2D eigenvalue weighted by molar-refractivity contribution is -0.153. The number of aromatic nitrogens is 1. The number of carboxylic acids is 1. The van der Waals surface area contributed by atoms with E-state index in [0.717, 1.165) is 22.9 Å². The zero-order valence-electron chi connectivity index (χ0n) is 21.1. The highest BCUT2D eigenvalue weighted by atomic mass is 35.5. The highest BCUT2D eigenvalue weighted by Crippen LogP contribution is 2.42. The van der Waals surface area contributed by atoms with Gasteiger partial charge in [-0.2, -0.15) is 0 Å². The number of hydrogen-bond donors (Lipinski definition) is 1. The summed E-state index contributed by atoms with van der Waals surface area (Å²) >= 11 is 8.10. The summed E-state index contributed by atoms with van der Waals surface area (Å²) in [7, 11) is 3.21. The van der Waals surface area contributed by atoms with Crippen LogP contribution in [0.15, 0.2) is 53.6 Å². The Labute approximate surface area is 226 Å². The van der Waals surface area contributed by atoms with Gasteiger partial charge in [-0.05, 0) is 69.1 Å². The maximum absolute atomic E-state index is 15.6. The molecule has 1 aromatic heterocycles. The molecular formula is C28H32ClFN2O4S. The quantitative estimate of drug-likeness (QED) is 0.270. The lowest BCUT2D eigenvalue weighted by Crippen LogP contribution is -2.45. The van der Waals surface area contributed by atoms with Crippen molar-refractivity contribution in [2.75, 3.05) is 39.6 Å². The van der Waals surface area contributed by atoms with Gasteiger partial charge in [0.25, 0.3) is 0 Å². The SMILES string of the molecule is COc1ccc2ncc(Cl)c([C@H](F)CCC3(C(=O)O)CCN(CCSc4ccccc4OC)CC3)c2c1. The first-order valence-electron chi connectivity index (χ1n) is 12.3. The first-order chi connectivity index (χ1) is 17.9. The molecule has 1 fully saturated rings. The molecule has 2 aromatic carbocycles. The van der Waals surface area contributed by atoms with Crippen LogP contribution >= 0.6 is 23.4 Å². The average Bonchev–Trinajstić information content (AvgIpc) is 2.92. The van der Waals surface area contributed by atoms with Crippen molar-refractivity contribution in [2.45, 2.75) is 36.8 Å². The Morgan fingerprint density at radius 1 is 1.22 bits per heavy atom. The minimum Gasteiger partial charge on any atom is -0.497 e. The highest BCUT2D eigenvalue weighted by molar-refractivity contribution is 7.99. The molecule has 1 aliphatic heterocycles. The predicted molar refractivity (Wildman–Crippen MR) is 146 cm³/mol. The van der Waals surface area contributed by atoms with Gasteiger partial charge in [-0.1, -0.05) is 23.7 Å². The number of hydrogen-bond acceptors (Lipinski definition) is 6. The topological polar surface area (TPSA) is 71.9 Å². The number of nitrogens with zero attached hydrogens (tertiary/aromatic N) is 2. The second kappa shape index (κ2) is 12.3. The summed E-state index contributed by atoms with van der Waals surface area (Å²) in [6, 6.07) is 13.2. The van der Waals surface area contributed by atoms with Crippen molar-refractivity contribution in [3.63, 3.8) is 0 Å². The van der Waals surface area contributed by atoms with Crippen LogP contribution in [-0.4, -0.2) is 60.6 Å². The molecule has 1 saturated heterocycles. The number of piperidine rings is 1. The number of rotatable bonds is 11.